The standard InChI is InChI=1S/C9H9N3O2S2/c1-14-8(13)7-6(2-5-16-7)12-9(15)11-4-3-10/h2,5H,4H2,1H3,(H2,11,12,15). The van der Waals surface area contributed by atoms with Gasteiger partial charge in [0.15, 0.2) is 5.11 Å². The lowest BCUT2D eigenvalue weighted by Gasteiger charge is -2.07. The van der Waals surface area contributed by atoms with Crippen LogP contribution in [0.25, 0.3) is 0 Å². The molecule has 0 unspecified atom stereocenters. The minimum atomic E-state index is -0.416. The summed E-state index contributed by atoms with van der Waals surface area (Å²) in [4.78, 5) is 11.8. The fourth-order valence-corrected chi connectivity index (χ4v) is 1.89. The third-order valence-electron chi connectivity index (χ3n) is 1.61. The summed E-state index contributed by atoms with van der Waals surface area (Å²) in [6.07, 6.45) is 0. The van der Waals surface area contributed by atoms with Crippen molar-refractivity contribution in [2.24, 2.45) is 0 Å². The Balaban J connectivity index is 2.67. The summed E-state index contributed by atoms with van der Waals surface area (Å²) < 4.78 is 4.61. The van der Waals surface area contributed by atoms with E-state index < -0.39 is 5.97 Å². The molecule has 0 aliphatic rings. The maximum Gasteiger partial charge on any atom is 0.350 e. The van der Waals surface area contributed by atoms with Crippen LogP contribution in [0.15, 0.2) is 11.4 Å². The fourth-order valence-electron chi connectivity index (χ4n) is 0.945. The Morgan fingerprint density at radius 1 is 1.75 bits per heavy atom. The van der Waals surface area contributed by atoms with Gasteiger partial charge < -0.3 is 15.4 Å². The average molecular weight is 255 g/mol. The van der Waals surface area contributed by atoms with Crippen molar-refractivity contribution in [1.29, 1.82) is 5.26 Å². The van der Waals surface area contributed by atoms with Crippen LogP contribution in [-0.2, 0) is 4.74 Å². The van der Waals surface area contributed by atoms with Crippen LogP contribution in [0.3, 0.4) is 0 Å². The van der Waals surface area contributed by atoms with E-state index in [2.05, 4.69) is 15.4 Å². The topological polar surface area (TPSA) is 74.2 Å². The van der Waals surface area contributed by atoms with E-state index in [4.69, 9.17) is 17.5 Å². The predicted molar refractivity (Wildman–Crippen MR) is 65.5 cm³/mol. The number of carbonyl (C=O) groups is 1. The fraction of sp³-hybridized carbons (Fsp3) is 0.222. The smallest absolute Gasteiger partial charge is 0.350 e. The van der Waals surface area contributed by atoms with Gasteiger partial charge in [-0.05, 0) is 23.7 Å². The first-order valence-corrected chi connectivity index (χ1v) is 5.55. The Bertz CT molecular complexity index is 436. The van der Waals surface area contributed by atoms with Gasteiger partial charge in [0.25, 0.3) is 0 Å². The molecule has 0 aromatic carbocycles. The van der Waals surface area contributed by atoms with E-state index in [0.29, 0.717) is 15.7 Å². The molecule has 2 N–H and O–H groups in total. The second-order valence-electron chi connectivity index (χ2n) is 2.62. The molecule has 0 atom stereocenters. The number of anilines is 1. The zero-order valence-corrected chi connectivity index (χ0v) is 10.1. The van der Waals surface area contributed by atoms with E-state index in [0.717, 1.165) is 0 Å². The monoisotopic (exact) mass is 255 g/mol. The summed E-state index contributed by atoms with van der Waals surface area (Å²) in [6, 6.07) is 3.62. The molecule has 0 radical (unpaired) electrons. The van der Waals surface area contributed by atoms with Crippen molar-refractivity contribution in [1.82, 2.24) is 5.32 Å². The van der Waals surface area contributed by atoms with Gasteiger partial charge >= 0.3 is 5.97 Å². The third-order valence-corrected chi connectivity index (χ3v) is 2.75. The van der Waals surface area contributed by atoms with Gasteiger partial charge in [-0.15, -0.1) is 11.3 Å². The molecular weight excluding hydrogens is 246 g/mol. The van der Waals surface area contributed by atoms with Gasteiger partial charge in [-0.1, -0.05) is 0 Å². The highest BCUT2D eigenvalue weighted by Gasteiger charge is 2.13. The maximum absolute atomic E-state index is 11.3. The number of nitriles is 1. The van der Waals surface area contributed by atoms with Crippen LogP contribution in [0.4, 0.5) is 5.69 Å². The summed E-state index contributed by atoms with van der Waals surface area (Å²) in [5.41, 5.74) is 0.576. The SMILES string of the molecule is COC(=O)c1sccc1NC(=S)NCC#N. The number of nitrogens with zero attached hydrogens (tertiary/aromatic N) is 1. The van der Waals surface area contributed by atoms with Gasteiger partial charge in [0.1, 0.15) is 11.4 Å². The number of thiophene rings is 1. The van der Waals surface area contributed by atoms with Gasteiger partial charge in [0.2, 0.25) is 0 Å². The van der Waals surface area contributed by atoms with E-state index in [9.17, 15) is 4.79 Å². The molecule has 7 heteroatoms. The zero-order chi connectivity index (χ0) is 12.0. The first-order valence-electron chi connectivity index (χ1n) is 4.26. The van der Waals surface area contributed by atoms with Crippen molar-refractivity contribution >= 4 is 40.3 Å². The molecule has 0 amide bonds. The molecule has 0 spiro atoms. The van der Waals surface area contributed by atoms with Gasteiger partial charge in [0.05, 0.1) is 18.9 Å². The number of rotatable bonds is 3. The molecule has 1 heterocycles. The van der Waals surface area contributed by atoms with Crippen LogP contribution in [0.1, 0.15) is 9.67 Å². The number of ether oxygens (including phenoxy) is 1. The molecule has 0 fully saturated rings. The van der Waals surface area contributed by atoms with Crippen molar-refractivity contribution in [3.8, 4) is 6.07 Å². The normalized spacial score (nSPS) is 9.00. The largest absolute Gasteiger partial charge is 0.465 e. The average Bonchev–Trinajstić information content (AvgIpc) is 2.73. The van der Waals surface area contributed by atoms with E-state index >= 15 is 0 Å². The summed E-state index contributed by atoms with van der Waals surface area (Å²) in [5, 5.41) is 15.9. The highest BCUT2D eigenvalue weighted by atomic mass is 32.1. The lowest BCUT2D eigenvalue weighted by molar-refractivity contribution is 0.0607. The predicted octanol–water partition coefficient (Wildman–Crippen LogP) is 1.34. The number of methoxy groups -OCH3 is 1. The Morgan fingerprint density at radius 3 is 3.12 bits per heavy atom. The Labute approximate surface area is 102 Å². The quantitative estimate of drug-likeness (QED) is 0.482. The number of hydrogen-bond acceptors (Lipinski definition) is 5. The summed E-state index contributed by atoms with van der Waals surface area (Å²) in [7, 11) is 1.32. The molecule has 1 aromatic rings. The molecule has 0 bridgehead atoms. The van der Waals surface area contributed by atoms with E-state index in [1.54, 1.807) is 11.4 Å². The lowest BCUT2D eigenvalue weighted by atomic mass is 10.4. The van der Waals surface area contributed by atoms with Gasteiger partial charge in [-0.25, -0.2) is 4.79 Å². The number of thiocarbonyl (C=S) groups is 1. The Kier molecular flexibility index (Phi) is 4.69. The maximum atomic E-state index is 11.3. The molecule has 84 valence electrons. The van der Waals surface area contributed by atoms with Crippen molar-refractivity contribution in [2.45, 2.75) is 0 Å². The summed E-state index contributed by atoms with van der Waals surface area (Å²) >= 11 is 6.19. The highest BCUT2D eigenvalue weighted by molar-refractivity contribution is 7.80. The molecule has 1 rings (SSSR count). The highest BCUT2D eigenvalue weighted by Crippen LogP contribution is 2.22. The van der Waals surface area contributed by atoms with Gasteiger partial charge in [0, 0.05) is 0 Å². The van der Waals surface area contributed by atoms with E-state index in [1.807, 2.05) is 6.07 Å². The minimum Gasteiger partial charge on any atom is -0.465 e. The summed E-state index contributed by atoms with van der Waals surface area (Å²) in [5.74, 6) is -0.416. The van der Waals surface area contributed by atoms with Gasteiger partial charge in [-0.2, -0.15) is 5.26 Å². The number of hydrogen-bond donors (Lipinski definition) is 2. The molecule has 1 aromatic heterocycles. The van der Waals surface area contributed by atoms with Gasteiger partial charge in [-0.3, -0.25) is 0 Å². The molecule has 0 aliphatic heterocycles. The van der Waals surface area contributed by atoms with Crippen molar-refractivity contribution in [3.63, 3.8) is 0 Å². The second-order valence-corrected chi connectivity index (χ2v) is 3.95. The molecular formula is C9H9N3O2S2. The minimum absolute atomic E-state index is 0.115. The van der Waals surface area contributed by atoms with Crippen LogP contribution >= 0.6 is 23.6 Å². The van der Waals surface area contributed by atoms with Crippen LogP contribution in [0, 0.1) is 11.3 Å². The van der Waals surface area contributed by atoms with Crippen molar-refractivity contribution in [3.05, 3.63) is 16.3 Å². The second kappa shape index (κ2) is 6.05. The first-order chi connectivity index (χ1) is 7.69. The van der Waals surface area contributed by atoms with E-state index in [1.165, 1.54) is 18.4 Å². The third kappa shape index (κ3) is 3.18. The van der Waals surface area contributed by atoms with E-state index in [-0.39, 0.29) is 6.54 Å². The van der Waals surface area contributed by atoms with Crippen LogP contribution in [0.5, 0.6) is 0 Å². The number of carbonyl (C=O) groups excluding carboxylic acids is 1. The molecule has 16 heavy (non-hydrogen) atoms. The number of esters is 1. The zero-order valence-electron chi connectivity index (χ0n) is 8.44. The summed E-state index contributed by atoms with van der Waals surface area (Å²) in [6.45, 7) is 0.115. The Morgan fingerprint density at radius 2 is 2.50 bits per heavy atom. The Hall–Kier alpha value is -1.65. The molecule has 5 nitrogen and oxygen atoms in total. The molecule has 0 saturated heterocycles. The van der Waals surface area contributed by atoms with Crippen LogP contribution in [0.2, 0.25) is 0 Å². The van der Waals surface area contributed by atoms with Crippen LogP contribution in [-0.4, -0.2) is 24.7 Å². The number of nitrogens with one attached hydrogen (secondary N) is 2. The van der Waals surface area contributed by atoms with Crippen molar-refractivity contribution < 1.29 is 9.53 Å². The lowest BCUT2D eigenvalue weighted by Crippen LogP contribution is -2.28. The molecule has 0 aliphatic carbocycles. The molecule has 0 saturated carbocycles. The van der Waals surface area contributed by atoms with Crippen LogP contribution < -0.4 is 10.6 Å². The van der Waals surface area contributed by atoms with Crippen molar-refractivity contribution in [2.75, 3.05) is 19.0 Å². The first kappa shape index (κ1) is 12.4.